The van der Waals surface area contributed by atoms with Crippen LogP contribution in [0.5, 0.6) is 11.5 Å². The molecule has 21 heavy (non-hydrogen) atoms. The molecule has 0 spiro atoms. The van der Waals surface area contributed by atoms with Crippen LogP contribution in [0.25, 0.3) is 0 Å². The van der Waals surface area contributed by atoms with Crippen molar-refractivity contribution in [3.8, 4) is 11.5 Å². The van der Waals surface area contributed by atoms with Crippen molar-refractivity contribution in [2.24, 2.45) is 5.92 Å². The summed E-state index contributed by atoms with van der Waals surface area (Å²) in [7, 11) is 0. The van der Waals surface area contributed by atoms with Gasteiger partial charge in [-0.3, -0.25) is 0 Å². The van der Waals surface area contributed by atoms with Crippen LogP contribution in [0.4, 0.5) is 4.39 Å². The number of hydrogen-bond donors (Lipinski definition) is 1. The maximum absolute atomic E-state index is 13.4. The Balaban J connectivity index is 2.12. The first kappa shape index (κ1) is 15.5. The molecule has 0 aromatic heterocycles. The highest BCUT2D eigenvalue weighted by atomic mass is 19.1. The molecule has 0 aliphatic rings. The standard InChI is InChI=1S/C18H22FNO/c1-13(2)11-20-12-15-10-16(19)6-9-18(15)21-17-7-4-14(3)5-8-17/h4-10,13,20H,11-12H2,1-3H3. The zero-order valence-corrected chi connectivity index (χ0v) is 12.8. The Bertz CT molecular complexity index is 578. The molecule has 0 amide bonds. The molecule has 1 N–H and O–H groups in total. The van der Waals surface area contributed by atoms with Gasteiger partial charge in [0.15, 0.2) is 0 Å². The fourth-order valence-electron chi connectivity index (χ4n) is 2.01. The van der Waals surface area contributed by atoms with Gasteiger partial charge in [0.25, 0.3) is 0 Å². The van der Waals surface area contributed by atoms with Crippen molar-refractivity contribution in [1.82, 2.24) is 5.32 Å². The Morgan fingerprint density at radius 3 is 2.48 bits per heavy atom. The normalized spacial score (nSPS) is 10.9. The molecule has 0 bridgehead atoms. The van der Waals surface area contributed by atoms with E-state index in [0.29, 0.717) is 18.2 Å². The van der Waals surface area contributed by atoms with E-state index in [0.717, 1.165) is 17.9 Å². The van der Waals surface area contributed by atoms with E-state index in [1.807, 2.05) is 31.2 Å². The van der Waals surface area contributed by atoms with Gasteiger partial charge in [0.2, 0.25) is 0 Å². The van der Waals surface area contributed by atoms with Gasteiger partial charge in [-0.15, -0.1) is 0 Å². The molecule has 2 rings (SSSR count). The van der Waals surface area contributed by atoms with Crippen molar-refractivity contribution >= 4 is 0 Å². The van der Waals surface area contributed by atoms with Gasteiger partial charge in [0, 0.05) is 12.1 Å². The van der Waals surface area contributed by atoms with Crippen LogP contribution in [0, 0.1) is 18.7 Å². The van der Waals surface area contributed by atoms with Gasteiger partial charge in [0.1, 0.15) is 17.3 Å². The van der Waals surface area contributed by atoms with Gasteiger partial charge in [0.05, 0.1) is 0 Å². The smallest absolute Gasteiger partial charge is 0.132 e. The molecule has 0 heterocycles. The Morgan fingerprint density at radius 1 is 1.10 bits per heavy atom. The maximum atomic E-state index is 13.4. The monoisotopic (exact) mass is 287 g/mol. The second-order valence-electron chi connectivity index (χ2n) is 5.69. The Morgan fingerprint density at radius 2 is 1.81 bits per heavy atom. The van der Waals surface area contributed by atoms with E-state index in [9.17, 15) is 4.39 Å². The zero-order valence-electron chi connectivity index (χ0n) is 12.8. The molecule has 0 fully saturated rings. The summed E-state index contributed by atoms with van der Waals surface area (Å²) in [6.45, 7) is 7.80. The summed E-state index contributed by atoms with van der Waals surface area (Å²) in [5.74, 6) is 1.77. The lowest BCUT2D eigenvalue weighted by molar-refractivity contribution is 0.466. The summed E-state index contributed by atoms with van der Waals surface area (Å²) in [4.78, 5) is 0. The summed E-state index contributed by atoms with van der Waals surface area (Å²) in [6, 6.07) is 12.5. The molecular weight excluding hydrogens is 265 g/mol. The quantitative estimate of drug-likeness (QED) is 0.833. The summed E-state index contributed by atoms with van der Waals surface area (Å²) in [5.41, 5.74) is 2.01. The molecule has 3 heteroatoms. The summed E-state index contributed by atoms with van der Waals surface area (Å²) < 4.78 is 19.3. The van der Waals surface area contributed by atoms with Crippen LogP contribution < -0.4 is 10.1 Å². The average molecular weight is 287 g/mol. The van der Waals surface area contributed by atoms with E-state index >= 15 is 0 Å². The fourth-order valence-corrected chi connectivity index (χ4v) is 2.01. The van der Waals surface area contributed by atoms with Crippen LogP contribution in [0.1, 0.15) is 25.0 Å². The molecule has 2 aromatic rings. The molecule has 0 unspecified atom stereocenters. The van der Waals surface area contributed by atoms with Gasteiger partial charge in [-0.1, -0.05) is 31.5 Å². The van der Waals surface area contributed by atoms with Crippen molar-refractivity contribution in [3.05, 3.63) is 59.4 Å². The first-order valence-corrected chi connectivity index (χ1v) is 7.28. The van der Waals surface area contributed by atoms with Crippen molar-refractivity contribution < 1.29 is 9.13 Å². The predicted octanol–water partition coefficient (Wildman–Crippen LogP) is 4.67. The topological polar surface area (TPSA) is 21.3 Å². The average Bonchev–Trinajstić information content (AvgIpc) is 2.43. The fraction of sp³-hybridized carbons (Fsp3) is 0.333. The van der Waals surface area contributed by atoms with Gasteiger partial charge < -0.3 is 10.1 Å². The minimum atomic E-state index is -0.243. The van der Waals surface area contributed by atoms with E-state index in [-0.39, 0.29) is 5.82 Å². The first-order chi connectivity index (χ1) is 10.0. The predicted molar refractivity (Wildman–Crippen MR) is 84.2 cm³/mol. The Labute approximate surface area is 126 Å². The molecule has 0 aliphatic heterocycles. The SMILES string of the molecule is Cc1ccc(Oc2ccc(F)cc2CNCC(C)C)cc1. The van der Waals surface area contributed by atoms with E-state index in [1.165, 1.54) is 17.7 Å². The van der Waals surface area contributed by atoms with Gasteiger partial charge in [-0.25, -0.2) is 4.39 Å². The second-order valence-corrected chi connectivity index (χ2v) is 5.69. The number of ether oxygens (including phenoxy) is 1. The molecule has 0 saturated carbocycles. The highest BCUT2D eigenvalue weighted by Crippen LogP contribution is 2.26. The molecule has 112 valence electrons. The molecular formula is C18H22FNO. The van der Waals surface area contributed by atoms with E-state index in [1.54, 1.807) is 6.07 Å². The number of benzene rings is 2. The van der Waals surface area contributed by atoms with Crippen molar-refractivity contribution in [1.29, 1.82) is 0 Å². The second kappa shape index (κ2) is 7.23. The third kappa shape index (κ3) is 4.87. The Hall–Kier alpha value is -1.87. The van der Waals surface area contributed by atoms with Crippen molar-refractivity contribution in [3.63, 3.8) is 0 Å². The number of hydrogen-bond acceptors (Lipinski definition) is 2. The molecule has 0 aliphatic carbocycles. The molecule has 2 aromatic carbocycles. The molecule has 0 saturated heterocycles. The van der Waals surface area contributed by atoms with Gasteiger partial charge in [-0.2, -0.15) is 0 Å². The van der Waals surface area contributed by atoms with Crippen LogP contribution in [0.2, 0.25) is 0 Å². The number of aryl methyl sites for hydroxylation is 1. The van der Waals surface area contributed by atoms with Gasteiger partial charge in [-0.05, 0) is 49.7 Å². The lowest BCUT2D eigenvalue weighted by Crippen LogP contribution is -2.19. The van der Waals surface area contributed by atoms with Crippen LogP contribution in [-0.2, 0) is 6.54 Å². The number of nitrogens with one attached hydrogen (secondary N) is 1. The molecule has 0 atom stereocenters. The van der Waals surface area contributed by atoms with E-state index in [2.05, 4.69) is 19.2 Å². The lowest BCUT2D eigenvalue weighted by atomic mass is 10.1. The number of rotatable bonds is 6. The highest BCUT2D eigenvalue weighted by molar-refractivity contribution is 5.38. The summed E-state index contributed by atoms with van der Waals surface area (Å²) >= 11 is 0. The largest absolute Gasteiger partial charge is 0.457 e. The van der Waals surface area contributed by atoms with Crippen LogP contribution >= 0.6 is 0 Å². The maximum Gasteiger partial charge on any atom is 0.132 e. The third-order valence-corrected chi connectivity index (χ3v) is 3.14. The minimum absolute atomic E-state index is 0.243. The zero-order chi connectivity index (χ0) is 15.2. The number of halogens is 1. The van der Waals surface area contributed by atoms with E-state index < -0.39 is 0 Å². The van der Waals surface area contributed by atoms with Crippen molar-refractivity contribution in [2.75, 3.05) is 6.54 Å². The summed E-state index contributed by atoms with van der Waals surface area (Å²) in [6.07, 6.45) is 0. The van der Waals surface area contributed by atoms with E-state index in [4.69, 9.17) is 4.74 Å². The third-order valence-electron chi connectivity index (χ3n) is 3.14. The first-order valence-electron chi connectivity index (χ1n) is 7.28. The van der Waals surface area contributed by atoms with Crippen LogP contribution in [0.3, 0.4) is 0 Å². The lowest BCUT2D eigenvalue weighted by Gasteiger charge is -2.13. The minimum Gasteiger partial charge on any atom is -0.457 e. The van der Waals surface area contributed by atoms with Crippen LogP contribution in [-0.4, -0.2) is 6.54 Å². The molecule has 2 nitrogen and oxygen atoms in total. The van der Waals surface area contributed by atoms with Crippen LogP contribution in [0.15, 0.2) is 42.5 Å². The highest BCUT2D eigenvalue weighted by Gasteiger charge is 2.07. The van der Waals surface area contributed by atoms with Gasteiger partial charge >= 0.3 is 0 Å². The Kier molecular flexibility index (Phi) is 5.34. The molecule has 0 radical (unpaired) electrons. The van der Waals surface area contributed by atoms with Crippen molar-refractivity contribution in [2.45, 2.75) is 27.3 Å². The summed E-state index contributed by atoms with van der Waals surface area (Å²) in [5, 5.41) is 3.32.